The Hall–Kier alpha value is -1.41. The molecule has 1 aromatic heterocycles. The van der Waals surface area contributed by atoms with Crippen molar-refractivity contribution < 1.29 is 17.9 Å². The van der Waals surface area contributed by atoms with Gasteiger partial charge in [0.25, 0.3) is 0 Å². The lowest BCUT2D eigenvalue weighted by molar-refractivity contribution is -0.141. The zero-order valence-corrected chi connectivity index (χ0v) is 11.6. The van der Waals surface area contributed by atoms with E-state index in [1.165, 1.54) is 0 Å². The van der Waals surface area contributed by atoms with Crippen LogP contribution in [-0.2, 0) is 10.9 Å². The summed E-state index contributed by atoms with van der Waals surface area (Å²) in [5, 5.41) is 3.08. The molecule has 5 nitrogen and oxygen atoms in total. The number of rotatable bonds is 2. The first-order chi connectivity index (χ1) is 9.91. The summed E-state index contributed by atoms with van der Waals surface area (Å²) in [6.07, 6.45) is -2.46. The molecule has 0 radical (unpaired) electrons. The molecule has 0 unspecified atom stereocenters. The quantitative estimate of drug-likeness (QED) is 0.902. The van der Waals surface area contributed by atoms with Gasteiger partial charge < -0.3 is 10.1 Å². The summed E-state index contributed by atoms with van der Waals surface area (Å²) in [5.74, 6) is 0.219. The van der Waals surface area contributed by atoms with E-state index >= 15 is 0 Å². The van der Waals surface area contributed by atoms with Gasteiger partial charge in [-0.05, 0) is 13.3 Å². The molecule has 2 aliphatic rings. The smallest absolute Gasteiger partial charge is 0.376 e. The topological polar surface area (TPSA) is 50.3 Å². The number of hydrogen-bond acceptors (Lipinski definition) is 5. The molecule has 2 saturated heterocycles. The maximum atomic E-state index is 12.6. The van der Waals surface area contributed by atoms with Crippen LogP contribution in [0, 0.1) is 0 Å². The minimum Gasteiger partial charge on any atom is -0.376 e. The van der Waals surface area contributed by atoms with Gasteiger partial charge in [0.2, 0.25) is 0 Å². The summed E-state index contributed by atoms with van der Waals surface area (Å²) in [5.41, 5.74) is -0.923. The molecule has 0 amide bonds. The molecule has 8 heteroatoms. The number of fused-ring (bicyclic) bond motifs is 1. The zero-order chi connectivity index (χ0) is 15.0. The molecule has 1 aromatic rings. The number of morpholine rings is 1. The van der Waals surface area contributed by atoms with E-state index in [4.69, 9.17) is 4.74 Å². The first-order valence-electron chi connectivity index (χ1n) is 6.93. The fraction of sp³-hybridized carbons (Fsp3) is 0.692. The van der Waals surface area contributed by atoms with Crippen molar-refractivity contribution in [2.24, 2.45) is 0 Å². The minimum absolute atomic E-state index is 0.0832. The van der Waals surface area contributed by atoms with E-state index in [2.05, 4.69) is 20.2 Å². The van der Waals surface area contributed by atoms with Gasteiger partial charge in [-0.3, -0.25) is 4.90 Å². The second kappa shape index (κ2) is 5.42. The maximum absolute atomic E-state index is 12.6. The molecule has 0 bridgehead atoms. The van der Waals surface area contributed by atoms with Gasteiger partial charge in [0.15, 0.2) is 0 Å². The highest BCUT2D eigenvalue weighted by atomic mass is 19.4. The molecule has 2 fully saturated rings. The third kappa shape index (κ3) is 3.26. The first kappa shape index (κ1) is 14.5. The molecule has 3 rings (SSSR count). The molecular weight excluding hydrogens is 285 g/mol. The highest BCUT2D eigenvalue weighted by Crippen LogP contribution is 2.29. The van der Waals surface area contributed by atoms with Gasteiger partial charge in [0.1, 0.15) is 17.8 Å². The Morgan fingerprint density at radius 1 is 1.33 bits per heavy atom. The molecule has 116 valence electrons. The maximum Gasteiger partial charge on any atom is 0.433 e. The van der Waals surface area contributed by atoms with E-state index < -0.39 is 11.9 Å². The number of hydrogen-bond donors (Lipinski definition) is 1. The largest absolute Gasteiger partial charge is 0.433 e. The van der Waals surface area contributed by atoms with Crippen molar-refractivity contribution in [3.05, 3.63) is 18.1 Å². The summed E-state index contributed by atoms with van der Waals surface area (Å²) in [4.78, 5) is 9.45. The molecule has 0 aliphatic carbocycles. The van der Waals surface area contributed by atoms with Gasteiger partial charge in [-0.15, -0.1) is 0 Å². The van der Waals surface area contributed by atoms with Crippen molar-refractivity contribution in [1.82, 2.24) is 14.9 Å². The number of nitrogens with one attached hydrogen (secondary N) is 1. The Morgan fingerprint density at radius 2 is 2.14 bits per heavy atom. The van der Waals surface area contributed by atoms with Crippen LogP contribution >= 0.6 is 0 Å². The Bertz CT molecular complexity index is 510. The van der Waals surface area contributed by atoms with Crippen molar-refractivity contribution in [2.45, 2.75) is 37.7 Å². The van der Waals surface area contributed by atoms with Crippen molar-refractivity contribution >= 4 is 5.82 Å². The highest BCUT2D eigenvalue weighted by Gasteiger charge is 2.37. The van der Waals surface area contributed by atoms with E-state index in [-0.39, 0.29) is 18.0 Å². The number of aromatic nitrogens is 2. The fourth-order valence-corrected chi connectivity index (χ4v) is 2.94. The second-order valence-corrected chi connectivity index (χ2v) is 5.61. The Kier molecular flexibility index (Phi) is 3.75. The molecule has 21 heavy (non-hydrogen) atoms. The summed E-state index contributed by atoms with van der Waals surface area (Å²) in [7, 11) is 0. The molecule has 3 atom stereocenters. The summed E-state index contributed by atoms with van der Waals surface area (Å²) >= 11 is 0. The van der Waals surface area contributed by atoms with Gasteiger partial charge in [0, 0.05) is 31.2 Å². The Labute approximate surface area is 120 Å². The molecule has 0 spiro atoms. The van der Waals surface area contributed by atoms with Gasteiger partial charge in [0.05, 0.1) is 12.7 Å². The lowest BCUT2D eigenvalue weighted by Crippen LogP contribution is -2.45. The van der Waals surface area contributed by atoms with E-state index in [1.807, 2.05) is 6.92 Å². The molecule has 3 heterocycles. The number of alkyl halides is 3. The second-order valence-electron chi connectivity index (χ2n) is 5.61. The summed E-state index contributed by atoms with van der Waals surface area (Å²) in [6.45, 7) is 4.36. The van der Waals surface area contributed by atoms with Crippen molar-refractivity contribution in [1.29, 1.82) is 0 Å². The fourth-order valence-electron chi connectivity index (χ4n) is 2.94. The predicted molar refractivity (Wildman–Crippen MR) is 69.8 cm³/mol. The minimum atomic E-state index is -4.45. The average molecular weight is 302 g/mol. The van der Waals surface area contributed by atoms with E-state index in [0.717, 1.165) is 31.9 Å². The van der Waals surface area contributed by atoms with Crippen LogP contribution in [0.4, 0.5) is 19.0 Å². The highest BCUT2D eigenvalue weighted by molar-refractivity contribution is 5.37. The van der Waals surface area contributed by atoms with Crippen molar-refractivity contribution in [3.8, 4) is 0 Å². The first-order valence-corrected chi connectivity index (χ1v) is 6.93. The summed E-state index contributed by atoms with van der Waals surface area (Å²) in [6, 6.07) is 1.37. The number of nitrogens with zero attached hydrogens (tertiary/aromatic N) is 3. The Morgan fingerprint density at radius 3 is 2.90 bits per heavy atom. The monoisotopic (exact) mass is 302 g/mol. The SMILES string of the molecule is C[C@@H]1CN2C[C@H](Nc3cc(C(F)(F)F)ncn3)C[C@H]2CO1. The van der Waals surface area contributed by atoms with Crippen molar-refractivity contribution in [3.63, 3.8) is 0 Å². The van der Waals surface area contributed by atoms with Gasteiger partial charge in [-0.1, -0.05) is 0 Å². The lowest BCUT2D eigenvalue weighted by Gasteiger charge is -2.33. The predicted octanol–water partition coefficient (Wildman–Crippen LogP) is 1.77. The third-order valence-corrected chi connectivity index (χ3v) is 3.90. The molecule has 1 N–H and O–H groups in total. The van der Waals surface area contributed by atoms with Gasteiger partial charge in [-0.2, -0.15) is 13.2 Å². The van der Waals surface area contributed by atoms with E-state index in [9.17, 15) is 13.2 Å². The van der Waals surface area contributed by atoms with E-state index in [0.29, 0.717) is 12.6 Å². The summed E-state index contributed by atoms with van der Waals surface area (Å²) < 4.78 is 43.5. The zero-order valence-electron chi connectivity index (χ0n) is 11.6. The third-order valence-electron chi connectivity index (χ3n) is 3.90. The van der Waals surface area contributed by atoms with Crippen LogP contribution in [0.3, 0.4) is 0 Å². The van der Waals surface area contributed by atoms with Crippen LogP contribution in [-0.4, -0.2) is 52.8 Å². The van der Waals surface area contributed by atoms with Gasteiger partial charge in [-0.25, -0.2) is 9.97 Å². The van der Waals surface area contributed by atoms with Crippen LogP contribution in [0.25, 0.3) is 0 Å². The van der Waals surface area contributed by atoms with Crippen LogP contribution in [0.15, 0.2) is 12.4 Å². The number of halogens is 3. The van der Waals surface area contributed by atoms with Crippen LogP contribution in [0.5, 0.6) is 0 Å². The molecule has 0 saturated carbocycles. The molecular formula is C13H17F3N4O. The normalized spacial score (nSPS) is 30.2. The van der Waals surface area contributed by atoms with Crippen LogP contribution < -0.4 is 5.32 Å². The van der Waals surface area contributed by atoms with Crippen LogP contribution in [0.1, 0.15) is 19.0 Å². The van der Waals surface area contributed by atoms with E-state index in [1.54, 1.807) is 0 Å². The van der Waals surface area contributed by atoms with Crippen molar-refractivity contribution in [2.75, 3.05) is 25.0 Å². The number of ether oxygens (including phenoxy) is 1. The number of anilines is 1. The van der Waals surface area contributed by atoms with Gasteiger partial charge >= 0.3 is 6.18 Å². The standard InChI is InChI=1S/C13H17F3N4O/c1-8-4-20-5-9(2-10(20)6-21-8)19-12-3-11(13(14,15)16)17-7-18-12/h3,7-10H,2,4-6H2,1H3,(H,17,18,19)/t8-,9-,10+/m1/s1. The molecule has 2 aliphatic heterocycles. The average Bonchev–Trinajstić information content (AvgIpc) is 2.79. The Balaban J connectivity index is 1.65. The van der Waals surface area contributed by atoms with Crippen LogP contribution in [0.2, 0.25) is 0 Å². The lowest BCUT2D eigenvalue weighted by atomic mass is 10.1. The molecule has 0 aromatic carbocycles.